The van der Waals surface area contributed by atoms with Crippen LogP contribution < -0.4 is 11.3 Å². The molecule has 2 heterocycles. The molecule has 1 fully saturated rings. The first-order valence-corrected chi connectivity index (χ1v) is 6.38. The van der Waals surface area contributed by atoms with Gasteiger partial charge in [-0.3, -0.25) is 10.5 Å². The Hall–Kier alpha value is -0.950. The fraction of sp³-hybridized carbons (Fsp3) is 0.750. The third-order valence-corrected chi connectivity index (χ3v) is 3.78. The van der Waals surface area contributed by atoms with E-state index in [1.54, 1.807) is 13.3 Å². The third kappa shape index (κ3) is 2.29. The Morgan fingerprint density at radius 2 is 2.33 bits per heavy atom. The highest BCUT2D eigenvalue weighted by atomic mass is 16.5. The summed E-state index contributed by atoms with van der Waals surface area (Å²) in [5.41, 5.74) is 3.64. The van der Waals surface area contributed by atoms with Gasteiger partial charge in [0.25, 0.3) is 0 Å². The number of rotatable bonds is 5. The number of aromatic nitrogens is 2. The predicted octanol–water partition coefficient (Wildman–Crippen LogP) is 0.603. The van der Waals surface area contributed by atoms with Crippen molar-refractivity contribution in [3.05, 3.63) is 18.0 Å². The average Bonchev–Trinajstić information content (AvgIpc) is 2.89. The topological polar surface area (TPSA) is 74.3 Å². The van der Waals surface area contributed by atoms with E-state index >= 15 is 0 Å². The van der Waals surface area contributed by atoms with Crippen LogP contribution in [0.15, 0.2) is 12.3 Å². The van der Waals surface area contributed by atoms with Gasteiger partial charge in [0.2, 0.25) is 0 Å². The van der Waals surface area contributed by atoms with Crippen molar-refractivity contribution < 1.29 is 9.47 Å². The number of nitrogens with two attached hydrogens (primary N) is 1. The first-order chi connectivity index (χ1) is 8.77. The maximum atomic E-state index is 5.79. The summed E-state index contributed by atoms with van der Waals surface area (Å²) in [6.45, 7) is 4.28. The summed E-state index contributed by atoms with van der Waals surface area (Å²) in [6.07, 6.45) is 3.45. The first-order valence-electron chi connectivity index (χ1n) is 6.38. The van der Waals surface area contributed by atoms with Crippen molar-refractivity contribution in [2.24, 2.45) is 5.84 Å². The standard InChI is InChI=1S/C12H22N4O2/c1-3-16-10(4-7-14-16)11(15-13)12(17-2)5-8-18-9-6-12/h4,7,11,15H,3,5-6,8-9,13H2,1-2H3. The number of ether oxygens (including phenoxy) is 2. The molecule has 1 saturated heterocycles. The maximum absolute atomic E-state index is 5.79. The first kappa shape index (κ1) is 13.5. The number of hydrogen-bond donors (Lipinski definition) is 2. The van der Waals surface area contributed by atoms with Gasteiger partial charge in [0, 0.05) is 45.9 Å². The van der Waals surface area contributed by atoms with E-state index in [0.717, 1.165) is 25.1 Å². The van der Waals surface area contributed by atoms with E-state index in [9.17, 15) is 0 Å². The Bertz CT molecular complexity index is 374. The highest BCUT2D eigenvalue weighted by Crippen LogP contribution is 2.36. The van der Waals surface area contributed by atoms with Gasteiger partial charge in [-0.1, -0.05) is 0 Å². The van der Waals surface area contributed by atoms with E-state index in [1.807, 2.05) is 10.7 Å². The van der Waals surface area contributed by atoms with Gasteiger partial charge in [0.05, 0.1) is 17.3 Å². The zero-order valence-corrected chi connectivity index (χ0v) is 11.1. The molecule has 6 nitrogen and oxygen atoms in total. The van der Waals surface area contributed by atoms with Gasteiger partial charge >= 0.3 is 0 Å². The van der Waals surface area contributed by atoms with E-state index in [0.29, 0.717) is 13.2 Å². The van der Waals surface area contributed by atoms with E-state index in [-0.39, 0.29) is 11.6 Å². The van der Waals surface area contributed by atoms with Crippen LogP contribution in [0.2, 0.25) is 0 Å². The van der Waals surface area contributed by atoms with E-state index in [4.69, 9.17) is 15.3 Å². The molecule has 0 radical (unpaired) electrons. The summed E-state index contributed by atoms with van der Waals surface area (Å²) in [5, 5.41) is 4.30. The lowest BCUT2D eigenvalue weighted by Gasteiger charge is -2.41. The van der Waals surface area contributed by atoms with E-state index in [1.165, 1.54) is 0 Å². The molecular formula is C12H22N4O2. The fourth-order valence-corrected chi connectivity index (χ4v) is 2.69. The van der Waals surface area contributed by atoms with Crippen LogP contribution in [0, 0.1) is 0 Å². The molecule has 6 heteroatoms. The third-order valence-electron chi connectivity index (χ3n) is 3.78. The quantitative estimate of drug-likeness (QED) is 0.594. The predicted molar refractivity (Wildman–Crippen MR) is 67.8 cm³/mol. The molecule has 3 N–H and O–H groups in total. The van der Waals surface area contributed by atoms with Gasteiger partial charge in [0.1, 0.15) is 0 Å². The summed E-state index contributed by atoms with van der Waals surface area (Å²) >= 11 is 0. The Morgan fingerprint density at radius 3 is 2.89 bits per heavy atom. The number of nitrogens with zero attached hydrogens (tertiary/aromatic N) is 2. The SMILES string of the molecule is CCn1nccc1C(NN)C1(OC)CCOCC1. The van der Waals surface area contributed by atoms with Gasteiger partial charge < -0.3 is 9.47 Å². The van der Waals surface area contributed by atoms with Gasteiger partial charge in [-0.15, -0.1) is 0 Å². The molecule has 1 aliphatic rings. The normalized spacial score (nSPS) is 20.8. The Kier molecular flexibility index (Phi) is 4.34. The van der Waals surface area contributed by atoms with Crippen LogP contribution >= 0.6 is 0 Å². The molecule has 0 spiro atoms. The Balaban J connectivity index is 2.31. The summed E-state index contributed by atoms with van der Waals surface area (Å²) in [4.78, 5) is 0. The molecule has 0 bridgehead atoms. The number of hydrogen-bond acceptors (Lipinski definition) is 5. The second-order valence-electron chi connectivity index (χ2n) is 4.55. The van der Waals surface area contributed by atoms with Crippen molar-refractivity contribution in [1.82, 2.24) is 15.2 Å². The van der Waals surface area contributed by atoms with Crippen molar-refractivity contribution in [1.29, 1.82) is 0 Å². The van der Waals surface area contributed by atoms with Crippen LogP contribution in [0.1, 0.15) is 31.5 Å². The number of aryl methyl sites for hydroxylation is 1. The minimum atomic E-state index is -0.319. The van der Waals surface area contributed by atoms with Crippen molar-refractivity contribution in [2.75, 3.05) is 20.3 Å². The second kappa shape index (κ2) is 5.79. The van der Waals surface area contributed by atoms with Gasteiger partial charge in [-0.25, -0.2) is 5.43 Å². The summed E-state index contributed by atoms with van der Waals surface area (Å²) in [7, 11) is 1.74. The Morgan fingerprint density at radius 1 is 1.61 bits per heavy atom. The Labute approximate surface area is 107 Å². The molecule has 1 unspecified atom stereocenters. The monoisotopic (exact) mass is 254 g/mol. The van der Waals surface area contributed by atoms with Crippen molar-refractivity contribution in [2.45, 2.75) is 38.0 Å². The molecule has 18 heavy (non-hydrogen) atoms. The minimum absolute atomic E-state index is 0.0751. The molecule has 1 atom stereocenters. The van der Waals surface area contributed by atoms with Crippen LogP contribution in [0.3, 0.4) is 0 Å². The molecule has 1 aromatic rings. The van der Waals surface area contributed by atoms with Crippen molar-refractivity contribution in [3.63, 3.8) is 0 Å². The number of hydrazine groups is 1. The fourth-order valence-electron chi connectivity index (χ4n) is 2.69. The lowest BCUT2D eigenvalue weighted by Crippen LogP contribution is -2.51. The molecule has 2 rings (SSSR count). The van der Waals surface area contributed by atoms with Crippen LogP contribution in [0.4, 0.5) is 0 Å². The van der Waals surface area contributed by atoms with Gasteiger partial charge in [-0.2, -0.15) is 5.10 Å². The van der Waals surface area contributed by atoms with Crippen LogP contribution in [0.25, 0.3) is 0 Å². The van der Waals surface area contributed by atoms with Gasteiger partial charge in [-0.05, 0) is 13.0 Å². The van der Waals surface area contributed by atoms with Crippen molar-refractivity contribution in [3.8, 4) is 0 Å². The molecule has 0 amide bonds. The molecule has 1 aromatic heterocycles. The zero-order valence-electron chi connectivity index (χ0n) is 11.1. The number of methoxy groups -OCH3 is 1. The lowest BCUT2D eigenvalue weighted by atomic mass is 9.84. The molecule has 0 aliphatic carbocycles. The minimum Gasteiger partial charge on any atom is -0.381 e. The summed E-state index contributed by atoms with van der Waals surface area (Å²) in [5.74, 6) is 5.77. The lowest BCUT2D eigenvalue weighted by molar-refractivity contribution is -0.113. The smallest absolute Gasteiger partial charge is 0.0944 e. The van der Waals surface area contributed by atoms with Crippen LogP contribution in [-0.4, -0.2) is 35.7 Å². The van der Waals surface area contributed by atoms with Crippen LogP contribution in [0.5, 0.6) is 0 Å². The molecule has 0 saturated carbocycles. The largest absolute Gasteiger partial charge is 0.381 e. The summed E-state index contributed by atoms with van der Waals surface area (Å²) in [6, 6.07) is 1.92. The molecule has 0 aromatic carbocycles. The van der Waals surface area contributed by atoms with E-state index in [2.05, 4.69) is 17.4 Å². The average molecular weight is 254 g/mol. The van der Waals surface area contributed by atoms with Gasteiger partial charge in [0.15, 0.2) is 0 Å². The molecule has 1 aliphatic heterocycles. The highest BCUT2D eigenvalue weighted by Gasteiger charge is 2.42. The summed E-state index contributed by atoms with van der Waals surface area (Å²) < 4.78 is 13.2. The van der Waals surface area contributed by atoms with E-state index < -0.39 is 0 Å². The van der Waals surface area contributed by atoms with Crippen molar-refractivity contribution >= 4 is 0 Å². The molecule has 102 valence electrons. The van der Waals surface area contributed by atoms with Crippen LogP contribution in [-0.2, 0) is 16.0 Å². The zero-order chi connectivity index (χ0) is 13.0. The maximum Gasteiger partial charge on any atom is 0.0944 e. The highest BCUT2D eigenvalue weighted by molar-refractivity contribution is 5.14. The molecular weight excluding hydrogens is 232 g/mol. The number of nitrogens with one attached hydrogen (secondary N) is 1. The second-order valence-corrected chi connectivity index (χ2v) is 4.55.